The fraction of sp³-hybridized carbons (Fsp3) is 0.450. The first kappa shape index (κ1) is 17.9. The van der Waals surface area contributed by atoms with Gasteiger partial charge in [0.1, 0.15) is 11.4 Å². The molecule has 0 aliphatic carbocycles. The van der Waals surface area contributed by atoms with Crippen molar-refractivity contribution in [3.05, 3.63) is 54.1 Å². The van der Waals surface area contributed by atoms with E-state index in [-0.39, 0.29) is 11.5 Å². The van der Waals surface area contributed by atoms with E-state index >= 15 is 0 Å². The zero-order chi connectivity index (χ0) is 18.7. The minimum absolute atomic E-state index is 0.143. The molecule has 1 amide bonds. The molecule has 3 heterocycles. The molecular weight excluding hydrogens is 349 g/mol. The first-order valence-corrected chi connectivity index (χ1v) is 9.22. The molecule has 0 N–H and O–H groups in total. The van der Waals surface area contributed by atoms with E-state index in [4.69, 9.17) is 9.47 Å². The van der Waals surface area contributed by atoms with Gasteiger partial charge in [0, 0.05) is 24.6 Å². The van der Waals surface area contributed by atoms with Crippen LogP contribution in [0.5, 0.6) is 6.01 Å². The standard InChI is InChI=1S/C20H22FN3O3/c21-17-4-1-3-16(11-17)18(25)24-13-20(14-24)12-15(6-10-27-20)5-9-26-19-22-7-2-8-23-19/h1-4,7-8,11,15H,5-6,9-10,12-14H2. The highest BCUT2D eigenvalue weighted by Crippen LogP contribution is 2.38. The number of hydrogen-bond donors (Lipinski definition) is 0. The maximum Gasteiger partial charge on any atom is 0.316 e. The molecule has 1 aromatic heterocycles. The number of carbonyl (C=O) groups excluding carboxylic acids is 1. The second-order valence-corrected chi connectivity index (χ2v) is 7.23. The number of carbonyl (C=O) groups is 1. The van der Waals surface area contributed by atoms with Gasteiger partial charge in [-0.05, 0) is 49.4 Å². The van der Waals surface area contributed by atoms with Gasteiger partial charge in [-0.1, -0.05) is 6.07 Å². The molecule has 142 valence electrons. The molecule has 2 aliphatic heterocycles. The molecule has 1 atom stereocenters. The topological polar surface area (TPSA) is 64.6 Å². The van der Waals surface area contributed by atoms with Crippen molar-refractivity contribution in [1.29, 1.82) is 0 Å². The van der Waals surface area contributed by atoms with Gasteiger partial charge in [-0.3, -0.25) is 4.79 Å². The van der Waals surface area contributed by atoms with Gasteiger partial charge < -0.3 is 14.4 Å². The summed E-state index contributed by atoms with van der Waals surface area (Å²) in [6, 6.07) is 7.97. The molecule has 0 radical (unpaired) electrons. The van der Waals surface area contributed by atoms with Crippen LogP contribution >= 0.6 is 0 Å². The van der Waals surface area contributed by atoms with Crippen LogP contribution in [0.3, 0.4) is 0 Å². The van der Waals surface area contributed by atoms with Crippen LogP contribution in [-0.2, 0) is 4.74 Å². The Morgan fingerprint density at radius 3 is 2.89 bits per heavy atom. The summed E-state index contributed by atoms with van der Waals surface area (Å²) in [7, 11) is 0. The zero-order valence-corrected chi connectivity index (χ0v) is 15.0. The van der Waals surface area contributed by atoms with E-state index in [1.807, 2.05) is 0 Å². The average Bonchev–Trinajstić information content (AvgIpc) is 2.66. The summed E-state index contributed by atoms with van der Waals surface area (Å²) in [5, 5.41) is 0. The molecule has 7 heteroatoms. The highest BCUT2D eigenvalue weighted by molar-refractivity contribution is 5.94. The molecule has 2 aromatic rings. The van der Waals surface area contributed by atoms with Crippen LogP contribution in [0.2, 0.25) is 0 Å². The van der Waals surface area contributed by atoms with Crippen LogP contribution in [0.4, 0.5) is 4.39 Å². The second kappa shape index (κ2) is 7.60. The Bertz CT molecular complexity index is 796. The van der Waals surface area contributed by atoms with Crippen molar-refractivity contribution in [2.45, 2.75) is 24.9 Å². The number of ether oxygens (including phenoxy) is 2. The molecule has 2 aliphatic rings. The Morgan fingerprint density at radius 1 is 1.30 bits per heavy atom. The Balaban J connectivity index is 1.27. The normalized spacial score (nSPS) is 20.9. The van der Waals surface area contributed by atoms with Gasteiger partial charge in [0.25, 0.3) is 5.91 Å². The van der Waals surface area contributed by atoms with Crippen LogP contribution in [0.25, 0.3) is 0 Å². The Hall–Kier alpha value is -2.54. The van der Waals surface area contributed by atoms with Crippen LogP contribution in [0.15, 0.2) is 42.7 Å². The summed E-state index contributed by atoms with van der Waals surface area (Å²) < 4.78 is 24.9. The van der Waals surface area contributed by atoms with E-state index in [0.717, 1.165) is 19.3 Å². The second-order valence-electron chi connectivity index (χ2n) is 7.23. The molecule has 1 aromatic carbocycles. The molecule has 6 nitrogen and oxygen atoms in total. The van der Waals surface area contributed by atoms with E-state index in [1.54, 1.807) is 35.5 Å². The van der Waals surface area contributed by atoms with Crippen molar-refractivity contribution in [3.8, 4) is 6.01 Å². The summed E-state index contributed by atoms with van der Waals surface area (Å²) in [4.78, 5) is 22.3. The van der Waals surface area contributed by atoms with Gasteiger partial charge in [0.2, 0.25) is 0 Å². The largest absolute Gasteiger partial charge is 0.463 e. The smallest absolute Gasteiger partial charge is 0.316 e. The van der Waals surface area contributed by atoms with Crippen LogP contribution < -0.4 is 4.74 Å². The number of amides is 1. The fourth-order valence-corrected chi connectivity index (χ4v) is 3.87. The minimum Gasteiger partial charge on any atom is -0.463 e. The summed E-state index contributed by atoms with van der Waals surface area (Å²) in [5.41, 5.74) is 0.114. The summed E-state index contributed by atoms with van der Waals surface area (Å²) in [6.45, 7) is 2.37. The van der Waals surface area contributed by atoms with E-state index in [1.165, 1.54) is 12.1 Å². The number of benzene rings is 1. The van der Waals surface area contributed by atoms with E-state index in [0.29, 0.717) is 43.8 Å². The third-order valence-electron chi connectivity index (χ3n) is 5.21. The molecule has 0 bridgehead atoms. The lowest BCUT2D eigenvalue weighted by molar-refractivity contribution is -0.166. The summed E-state index contributed by atoms with van der Waals surface area (Å²) in [6.07, 6.45) is 6.10. The van der Waals surface area contributed by atoms with E-state index < -0.39 is 5.82 Å². The first-order valence-electron chi connectivity index (χ1n) is 9.22. The van der Waals surface area contributed by atoms with E-state index in [2.05, 4.69) is 9.97 Å². The van der Waals surface area contributed by atoms with Crippen molar-refractivity contribution < 1.29 is 18.7 Å². The molecule has 1 unspecified atom stereocenters. The Labute approximate surface area is 157 Å². The van der Waals surface area contributed by atoms with Gasteiger partial charge in [0.05, 0.1) is 19.7 Å². The number of halogens is 1. The maximum absolute atomic E-state index is 13.3. The number of aromatic nitrogens is 2. The summed E-state index contributed by atoms with van der Waals surface area (Å²) >= 11 is 0. The van der Waals surface area contributed by atoms with Crippen molar-refractivity contribution >= 4 is 5.91 Å². The van der Waals surface area contributed by atoms with E-state index in [9.17, 15) is 9.18 Å². The lowest BCUT2D eigenvalue weighted by atomic mass is 9.79. The Morgan fingerprint density at radius 2 is 2.11 bits per heavy atom. The van der Waals surface area contributed by atoms with Gasteiger partial charge in [-0.25, -0.2) is 14.4 Å². The monoisotopic (exact) mass is 371 g/mol. The van der Waals surface area contributed by atoms with Gasteiger partial charge in [0.15, 0.2) is 0 Å². The number of likely N-dealkylation sites (tertiary alicyclic amines) is 1. The predicted molar refractivity (Wildman–Crippen MR) is 95.9 cm³/mol. The molecule has 0 saturated carbocycles. The molecule has 2 saturated heterocycles. The molecule has 4 rings (SSSR count). The van der Waals surface area contributed by atoms with Crippen LogP contribution in [-0.4, -0.2) is 52.7 Å². The fourth-order valence-electron chi connectivity index (χ4n) is 3.87. The van der Waals surface area contributed by atoms with Gasteiger partial charge in [-0.2, -0.15) is 0 Å². The molecule has 2 fully saturated rings. The highest BCUT2D eigenvalue weighted by Gasteiger charge is 2.49. The number of rotatable bonds is 5. The minimum atomic E-state index is -0.396. The lowest BCUT2D eigenvalue weighted by Crippen LogP contribution is -2.66. The van der Waals surface area contributed by atoms with Crippen molar-refractivity contribution in [3.63, 3.8) is 0 Å². The number of nitrogens with zero attached hydrogens (tertiary/aromatic N) is 3. The molecule has 1 spiro atoms. The average molecular weight is 371 g/mol. The van der Waals surface area contributed by atoms with Crippen molar-refractivity contribution in [1.82, 2.24) is 14.9 Å². The SMILES string of the molecule is O=C(c1cccc(F)c1)N1CC2(CC(CCOc3ncccn3)CCO2)C1. The quantitative estimate of drug-likeness (QED) is 0.809. The summed E-state index contributed by atoms with van der Waals surface area (Å²) in [5.74, 6) is -0.0586. The third-order valence-corrected chi connectivity index (χ3v) is 5.21. The lowest BCUT2D eigenvalue weighted by Gasteiger charge is -2.53. The van der Waals surface area contributed by atoms with Crippen LogP contribution in [0, 0.1) is 11.7 Å². The zero-order valence-electron chi connectivity index (χ0n) is 15.0. The van der Waals surface area contributed by atoms with Gasteiger partial charge >= 0.3 is 6.01 Å². The first-order chi connectivity index (χ1) is 13.1. The Kier molecular flexibility index (Phi) is 5.03. The molecular formula is C20H22FN3O3. The molecule has 27 heavy (non-hydrogen) atoms. The highest BCUT2D eigenvalue weighted by atomic mass is 19.1. The van der Waals surface area contributed by atoms with Crippen LogP contribution in [0.1, 0.15) is 29.6 Å². The van der Waals surface area contributed by atoms with Crippen molar-refractivity contribution in [2.75, 3.05) is 26.3 Å². The maximum atomic E-state index is 13.3. The number of hydrogen-bond acceptors (Lipinski definition) is 5. The predicted octanol–water partition coefficient (Wildman–Crippen LogP) is 2.71. The van der Waals surface area contributed by atoms with Crippen molar-refractivity contribution in [2.24, 2.45) is 5.92 Å². The van der Waals surface area contributed by atoms with Gasteiger partial charge in [-0.15, -0.1) is 0 Å². The third kappa shape index (κ3) is 4.08.